The molecule has 0 radical (unpaired) electrons. The van der Waals surface area contributed by atoms with Gasteiger partial charge < -0.3 is 5.32 Å². The van der Waals surface area contributed by atoms with Crippen LogP contribution in [0.5, 0.6) is 0 Å². The topological polar surface area (TPSA) is 32.3 Å². The van der Waals surface area contributed by atoms with E-state index < -0.39 is 17.8 Å². The third-order valence-corrected chi connectivity index (χ3v) is 3.93. The maximum atomic E-state index is 12.9. The lowest BCUT2D eigenvalue weighted by Crippen LogP contribution is -2.40. The molecule has 6 heteroatoms. The first-order chi connectivity index (χ1) is 11.0. The molecule has 24 heavy (non-hydrogen) atoms. The van der Waals surface area contributed by atoms with Crippen molar-refractivity contribution in [1.29, 1.82) is 0 Å². The van der Waals surface area contributed by atoms with Crippen LogP contribution in [0.3, 0.4) is 0 Å². The maximum absolute atomic E-state index is 12.9. The van der Waals surface area contributed by atoms with Crippen molar-refractivity contribution in [2.75, 3.05) is 13.6 Å². The van der Waals surface area contributed by atoms with E-state index in [0.717, 1.165) is 12.1 Å². The molecule has 0 bridgehead atoms. The van der Waals surface area contributed by atoms with Gasteiger partial charge in [-0.05, 0) is 50.9 Å². The van der Waals surface area contributed by atoms with Gasteiger partial charge in [-0.15, -0.1) is 0 Å². The molecule has 0 aromatic heterocycles. The zero-order chi connectivity index (χ0) is 18.5. The number of amides is 1. The molecule has 0 spiro atoms. The fraction of sp³-hybridized carbons (Fsp3) is 0.611. The zero-order valence-electron chi connectivity index (χ0n) is 14.9. The molecular weight excluding hydrogens is 317 g/mol. The number of alkyl halides is 3. The molecule has 136 valence electrons. The highest BCUT2D eigenvalue weighted by atomic mass is 19.4. The van der Waals surface area contributed by atoms with Crippen LogP contribution < -0.4 is 5.32 Å². The summed E-state index contributed by atoms with van der Waals surface area (Å²) >= 11 is 0. The molecular formula is C18H27F3N2O. The van der Waals surface area contributed by atoms with Gasteiger partial charge in [0.1, 0.15) is 0 Å². The Morgan fingerprint density at radius 3 is 2.33 bits per heavy atom. The highest BCUT2D eigenvalue weighted by Gasteiger charge is 2.31. The summed E-state index contributed by atoms with van der Waals surface area (Å²) in [5, 5.41) is 2.88. The summed E-state index contributed by atoms with van der Waals surface area (Å²) in [4.78, 5) is 14.1. The van der Waals surface area contributed by atoms with Crippen LogP contribution in [0.15, 0.2) is 24.3 Å². The number of hydrogen-bond donors (Lipinski definition) is 1. The molecule has 3 nitrogen and oxygen atoms in total. The van der Waals surface area contributed by atoms with Crippen LogP contribution in [0.2, 0.25) is 0 Å². The molecule has 0 saturated heterocycles. The second kappa shape index (κ2) is 8.51. The molecule has 0 aliphatic rings. The molecule has 1 N–H and O–H groups in total. The predicted octanol–water partition coefficient (Wildman–Crippen LogP) is 4.25. The normalized spacial score (nSPS) is 13.6. The Morgan fingerprint density at radius 2 is 1.83 bits per heavy atom. The Hall–Kier alpha value is -1.56. The van der Waals surface area contributed by atoms with Gasteiger partial charge in [0.15, 0.2) is 0 Å². The molecule has 1 amide bonds. The number of rotatable bonds is 7. The van der Waals surface area contributed by atoms with E-state index in [2.05, 4.69) is 5.32 Å². The Kier molecular flexibility index (Phi) is 7.27. The molecule has 0 fully saturated rings. The molecule has 1 atom stereocenters. The Morgan fingerprint density at radius 1 is 1.21 bits per heavy atom. The van der Waals surface area contributed by atoms with E-state index in [-0.39, 0.29) is 24.4 Å². The summed E-state index contributed by atoms with van der Waals surface area (Å²) in [5.74, 6) is 0.0573. The third kappa shape index (κ3) is 6.51. The van der Waals surface area contributed by atoms with Gasteiger partial charge in [-0.1, -0.05) is 26.0 Å². The lowest BCUT2D eigenvalue weighted by Gasteiger charge is -2.25. The summed E-state index contributed by atoms with van der Waals surface area (Å²) in [6.07, 6.45) is -3.81. The summed E-state index contributed by atoms with van der Waals surface area (Å²) in [6, 6.07) is 4.98. The van der Waals surface area contributed by atoms with E-state index in [1.165, 1.54) is 6.07 Å². The number of carbonyl (C=O) groups is 1. The fourth-order valence-electron chi connectivity index (χ4n) is 2.33. The van der Waals surface area contributed by atoms with E-state index >= 15 is 0 Å². The molecule has 0 unspecified atom stereocenters. The van der Waals surface area contributed by atoms with Crippen LogP contribution in [-0.2, 0) is 11.0 Å². The smallest absolute Gasteiger partial charge is 0.348 e. The minimum Gasteiger partial charge on any atom is -0.348 e. The Labute approximate surface area is 142 Å². The second-order valence-electron chi connectivity index (χ2n) is 6.88. The van der Waals surface area contributed by atoms with Crippen molar-refractivity contribution in [1.82, 2.24) is 10.2 Å². The average molecular weight is 344 g/mol. The van der Waals surface area contributed by atoms with Crippen LogP contribution in [0, 0.1) is 5.92 Å². The van der Waals surface area contributed by atoms with Crippen molar-refractivity contribution < 1.29 is 18.0 Å². The lowest BCUT2D eigenvalue weighted by atomic mass is 9.95. The van der Waals surface area contributed by atoms with E-state index in [9.17, 15) is 18.0 Å². The van der Waals surface area contributed by atoms with Crippen LogP contribution in [0.25, 0.3) is 0 Å². The number of halogens is 3. The van der Waals surface area contributed by atoms with Crippen LogP contribution in [0.1, 0.15) is 51.3 Å². The SMILES string of the molecule is CC(C)C[C@@H](NC(=O)CN(C)C(C)C)c1cccc(C(F)(F)F)c1. The van der Waals surface area contributed by atoms with Crippen molar-refractivity contribution in [2.24, 2.45) is 5.92 Å². The standard InChI is InChI=1S/C18H27F3N2O/c1-12(2)9-16(22-17(24)11-23(5)13(3)4)14-7-6-8-15(10-14)18(19,20)21/h6-8,10,12-13,16H,9,11H2,1-5H3,(H,22,24)/t16-/m1/s1. The van der Waals surface area contributed by atoms with Crippen LogP contribution in [-0.4, -0.2) is 30.4 Å². The van der Waals surface area contributed by atoms with Gasteiger partial charge in [0.05, 0.1) is 18.2 Å². The molecule has 1 aromatic rings. The van der Waals surface area contributed by atoms with E-state index in [1.807, 2.05) is 39.6 Å². The molecule has 1 rings (SSSR count). The Bertz CT molecular complexity index is 541. The average Bonchev–Trinajstić information content (AvgIpc) is 2.45. The fourth-order valence-corrected chi connectivity index (χ4v) is 2.33. The van der Waals surface area contributed by atoms with Crippen molar-refractivity contribution in [3.63, 3.8) is 0 Å². The van der Waals surface area contributed by atoms with E-state index in [0.29, 0.717) is 12.0 Å². The van der Waals surface area contributed by atoms with Gasteiger partial charge in [-0.25, -0.2) is 0 Å². The number of carbonyl (C=O) groups excluding carboxylic acids is 1. The summed E-state index contributed by atoms with van der Waals surface area (Å²) < 4.78 is 38.8. The monoisotopic (exact) mass is 344 g/mol. The molecule has 0 aliphatic carbocycles. The number of hydrogen-bond acceptors (Lipinski definition) is 2. The lowest BCUT2D eigenvalue weighted by molar-refractivity contribution is -0.137. The van der Waals surface area contributed by atoms with Gasteiger partial charge in [0, 0.05) is 6.04 Å². The molecule has 0 heterocycles. The van der Waals surface area contributed by atoms with Crippen molar-refractivity contribution in [2.45, 2.75) is 52.4 Å². The number of nitrogens with one attached hydrogen (secondary N) is 1. The number of likely N-dealkylation sites (N-methyl/N-ethyl adjacent to an activating group) is 1. The first-order valence-corrected chi connectivity index (χ1v) is 8.17. The zero-order valence-corrected chi connectivity index (χ0v) is 14.9. The van der Waals surface area contributed by atoms with E-state index in [4.69, 9.17) is 0 Å². The summed E-state index contributed by atoms with van der Waals surface area (Å²) in [7, 11) is 1.84. The first-order valence-electron chi connectivity index (χ1n) is 8.17. The minimum atomic E-state index is -4.39. The van der Waals surface area contributed by atoms with Crippen molar-refractivity contribution in [3.05, 3.63) is 35.4 Å². The van der Waals surface area contributed by atoms with Crippen LogP contribution >= 0.6 is 0 Å². The summed E-state index contributed by atoms with van der Waals surface area (Å²) in [5.41, 5.74) is -0.207. The van der Waals surface area contributed by atoms with Gasteiger partial charge in [0.25, 0.3) is 0 Å². The van der Waals surface area contributed by atoms with Crippen molar-refractivity contribution in [3.8, 4) is 0 Å². The number of benzene rings is 1. The van der Waals surface area contributed by atoms with Gasteiger partial charge >= 0.3 is 6.18 Å². The number of nitrogens with zero attached hydrogens (tertiary/aromatic N) is 1. The van der Waals surface area contributed by atoms with Gasteiger partial charge in [-0.2, -0.15) is 13.2 Å². The maximum Gasteiger partial charge on any atom is 0.416 e. The second-order valence-corrected chi connectivity index (χ2v) is 6.88. The predicted molar refractivity (Wildman–Crippen MR) is 89.5 cm³/mol. The van der Waals surface area contributed by atoms with Crippen molar-refractivity contribution >= 4 is 5.91 Å². The largest absolute Gasteiger partial charge is 0.416 e. The molecule has 0 aliphatic heterocycles. The first kappa shape index (κ1) is 20.5. The quantitative estimate of drug-likeness (QED) is 0.802. The highest BCUT2D eigenvalue weighted by molar-refractivity contribution is 5.78. The third-order valence-electron chi connectivity index (χ3n) is 3.93. The minimum absolute atomic E-state index is 0.186. The molecule has 1 aromatic carbocycles. The summed E-state index contributed by atoms with van der Waals surface area (Å²) in [6.45, 7) is 8.13. The highest BCUT2D eigenvalue weighted by Crippen LogP contribution is 2.32. The van der Waals surface area contributed by atoms with Crippen LogP contribution in [0.4, 0.5) is 13.2 Å². The Balaban J connectivity index is 2.95. The van der Waals surface area contributed by atoms with Gasteiger partial charge in [0.2, 0.25) is 5.91 Å². The van der Waals surface area contributed by atoms with E-state index in [1.54, 1.807) is 6.07 Å². The van der Waals surface area contributed by atoms with Gasteiger partial charge in [-0.3, -0.25) is 9.69 Å². The molecule has 0 saturated carbocycles.